The van der Waals surface area contributed by atoms with Crippen molar-refractivity contribution in [1.29, 1.82) is 0 Å². The van der Waals surface area contributed by atoms with Crippen LogP contribution in [-0.4, -0.2) is 21.8 Å². The smallest absolute Gasteiger partial charge is 0.341 e. The number of rotatable bonds is 2. The molecule has 0 aromatic carbocycles. The van der Waals surface area contributed by atoms with E-state index in [1.807, 2.05) is 0 Å². The van der Waals surface area contributed by atoms with Crippen LogP contribution in [0.4, 0.5) is 4.39 Å². The van der Waals surface area contributed by atoms with Crippen LogP contribution in [0, 0.1) is 0 Å². The maximum atomic E-state index is 12.7. The zero-order chi connectivity index (χ0) is 10.3. The molecule has 0 amide bonds. The van der Waals surface area contributed by atoms with Gasteiger partial charge in [-0.25, -0.2) is 9.18 Å². The molecule has 1 aromatic heterocycles. The standard InChI is InChI=1S/C9H8FNO3/c10-6-4-7(6)11-3-1-2-5(8(11)12)9(13)14/h1-3,6-7H,4H2,(H,13,14)/t6-,7?/m1/s1. The highest BCUT2D eigenvalue weighted by Gasteiger charge is 2.40. The van der Waals surface area contributed by atoms with E-state index in [2.05, 4.69) is 0 Å². The van der Waals surface area contributed by atoms with Crippen LogP contribution in [0.25, 0.3) is 0 Å². The summed E-state index contributed by atoms with van der Waals surface area (Å²) in [4.78, 5) is 22.0. The maximum absolute atomic E-state index is 12.7. The molecule has 1 N–H and O–H groups in total. The first-order chi connectivity index (χ1) is 6.61. The van der Waals surface area contributed by atoms with E-state index >= 15 is 0 Å². The zero-order valence-corrected chi connectivity index (χ0v) is 7.18. The third-order valence-electron chi connectivity index (χ3n) is 2.24. The van der Waals surface area contributed by atoms with E-state index in [-0.39, 0.29) is 5.56 Å². The quantitative estimate of drug-likeness (QED) is 0.763. The van der Waals surface area contributed by atoms with Gasteiger partial charge in [0.1, 0.15) is 11.7 Å². The lowest BCUT2D eigenvalue weighted by atomic mass is 10.3. The highest BCUT2D eigenvalue weighted by molar-refractivity contribution is 5.86. The Morgan fingerprint density at radius 2 is 2.29 bits per heavy atom. The lowest BCUT2D eigenvalue weighted by molar-refractivity contribution is 0.0694. The van der Waals surface area contributed by atoms with E-state index in [1.165, 1.54) is 18.3 Å². The van der Waals surface area contributed by atoms with E-state index in [1.54, 1.807) is 0 Å². The monoisotopic (exact) mass is 197 g/mol. The summed E-state index contributed by atoms with van der Waals surface area (Å²) in [7, 11) is 0. The minimum Gasteiger partial charge on any atom is -0.477 e. The minimum atomic E-state index is -1.28. The number of carboxylic acids is 1. The van der Waals surface area contributed by atoms with Crippen LogP contribution in [-0.2, 0) is 0 Å². The van der Waals surface area contributed by atoms with Crippen LogP contribution in [0.1, 0.15) is 22.8 Å². The Morgan fingerprint density at radius 1 is 1.64 bits per heavy atom. The van der Waals surface area contributed by atoms with E-state index < -0.39 is 23.7 Å². The van der Waals surface area contributed by atoms with Crippen molar-refractivity contribution in [2.75, 3.05) is 0 Å². The van der Waals surface area contributed by atoms with E-state index in [0.717, 1.165) is 4.57 Å². The second kappa shape index (κ2) is 2.94. The Kier molecular flexibility index (Phi) is 1.87. The van der Waals surface area contributed by atoms with Gasteiger partial charge >= 0.3 is 5.97 Å². The van der Waals surface area contributed by atoms with Gasteiger partial charge in [-0.1, -0.05) is 0 Å². The van der Waals surface area contributed by atoms with Gasteiger partial charge in [-0.15, -0.1) is 0 Å². The van der Waals surface area contributed by atoms with Gasteiger partial charge in [0.2, 0.25) is 0 Å². The fourth-order valence-electron chi connectivity index (χ4n) is 1.37. The molecule has 1 heterocycles. The van der Waals surface area contributed by atoms with Gasteiger partial charge in [-0.2, -0.15) is 0 Å². The number of pyridine rings is 1. The summed E-state index contributed by atoms with van der Waals surface area (Å²) < 4.78 is 13.8. The number of aromatic carboxylic acids is 1. The van der Waals surface area contributed by atoms with Gasteiger partial charge in [0.25, 0.3) is 5.56 Å². The molecule has 74 valence electrons. The molecule has 1 fully saturated rings. The maximum Gasteiger partial charge on any atom is 0.341 e. The molecule has 1 saturated carbocycles. The van der Waals surface area contributed by atoms with Gasteiger partial charge in [0.15, 0.2) is 0 Å². The molecule has 4 nitrogen and oxygen atoms in total. The van der Waals surface area contributed by atoms with E-state index in [0.29, 0.717) is 6.42 Å². The molecule has 0 aliphatic heterocycles. The summed E-state index contributed by atoms with van der Waals surface area (Å²) in [5.74, 6) is -1.28. The molecule has 2 atom stereocenters. The predicted octanol–water partition coefficient (Wildman–Crippen LogP) is 0.829. The van der Waals surface area contributed by atoms with Crippen molar-refractivity contribution in [3.05, 3.63) is 34.2 Å². The summed E-state index contributed by atoms with van der Waals surface area (Å²) in [6.45, 7) is 0. The topological polar surface area (TPSA) is 59.3 Å². The Balaban J connectivity index is 2.48. The Labute approximate surface area is 78.6 Å². The summed E-state index contributed by atoms with van der Waals surface area (Å²) >= 11 is 0. The van der Waals surface area contributed by atoms with Crippen LogP contribution < -0.4 is 5.56 Å². The van der Waals surface area contributed by atoms with Crippen molar-refractivity contribution in [3.8, 4) is 0 Å². The van der Waals surface area contributed by atoms with Gasteiger partial charge in [0.05, 0.1) is 6.04 Å². The van der Waals surface area contributed by atoms with Crippen LogP contribution >= 0.6 is 0 Å². The molecule has 0 bridgehead atoms. The van der Waals surface area contributed by atoms with E-state index in [9.17, 15) is 14.0 Å². The summed E-state index contributed by atoms with van der Waals surface area (Å²) in [5.41, 5.74) is -0.947. The van der Waals surface area contributed by atoms with E-state index in [4.69, 9.17) is 5.11 Å². The number of carboxylic acid groups (broad SMARTS) is 1. The third kappa shape index (κ3) is 1.30. The van der Waals surface area contributed by atoms with Gasteiger partial charge in [0, 0.05) is 12.6 Å². The number of alkyl halides is 1. The molecular formula is C9H8FNO3. The van der Waals surface area contributed by atoms with Crippen molar-refractivity contribution >= 4 is 5.97 Å². The highest BCUT2D eigenvalue weighted by Crippen LogP contribution is 2.37. The van der Waals surface area contributed by atoms with Crippen molar-refractivity contribution in [2.45, 2.75) is 18.6 Å². The van der Waals surface area contributed by atoms with Crippen LogP contribution in [0.5, 0.6) is 0 Å². The number of aromatic nitrogens is 1. The largest absolute Gasteiger partial charge is 0.477 e. The first-order valence-corrected chi connectivity index (χ1v) is 4.20. The fraction of sp³-hybridized carbons (Fsp3) is 0.333. The van der Waals surface area contributed by atoms with Gasteiger partial charge < -0.3 is 9.67 Å². The average molecular weight is 197 g/mol. The first-order valence-electron chi connectivity index (χ1n) is 4.20. The molecule has 0 spiro atoms. The first kappa shape index (κ1) is 8.93. The van der Waals surface area contributed by atoms with Crippen LogP contribution in [0.2, 0.25) is 0 Å². The molecule has 1 aromatic rings. The van der Waals surface area contributed by atoms with Crippen molar-refractivity contribution < 1.29 is 14.3 Å². The average Bonchev–Trinajstić information content (AvgIpc) is 2.82. The number of hydrogen-bond acceptors (Lipinski definition) is 2. The Bertz CT molecular complexity index is 440. The number of carbonyl (C=O) groups is 1. The van der Waals surface area contributed by atoms with Gasteiger partial charge in [-0.3, -0.25) is 4.79 Å². The lowest BCUT2D eigenvalue weighted by Gasteiger charge is -2.02. The minimum absolute atomic E-state index is 0.295. The third-order valence-corrected chi connectivity index (χ3v) is 2.24. The highest BCUT2D eigenvalue weighted by atomic mass is 19.1. The Morgan fingerprint density at radius 3 is 2.79 bits per heavy atom. The molecule has 1 aliphatic carbocycles. The second-order valence-corrected chi connectivity index (χ2v) is 3.26. The molecule has 14 heavy (non-hydrogen) atoms. The van der Waals surface area contributed by atoms with Crippen LogP contribution in [0.3, 0.4) is 0 Å². The number of nitrogens with zero attached hydrogens (tertiary/aromatic N) is 1. The van der Waals surface area contributed by atoms with Crippen molar-refractivity contribution in [3.63, 3.8) is 0 Å². The fourth-order valence-corrected chi connectivity index (χ4v) is 1.37. The number of hydrogen-bond donors (Lipinski definition) is 1. The molecule has 0 radical (unpaired) electrons. The van der Waals surface area contributed by atoms with Crippen molar-refractivity contribution in [1.82, 2.24) is 4.57 Å². The number of halogens is 1. The molecule has 1 aliphatic rings. The Hall–Kier alpha value is -1.65. The normalized spacial score (nSPS) is 24.6. The summed E-state index contributed by atoms with van der Waals surface area (Å²) in [6.07, 6.45) is 0.693. The second-order valence-electron chi connectivity index (χ2n) is 3.26. The SMILES string of the molecule is O=C(O)c1cccn(C2C[C@H]2F)c1=O. The molecule has 0 saturated heterocycles. The molecule has 2 rings (SSSR count). The summed E-state index contributed by atoms with van der Waals surface area (Å²) in [5, 5.41) is 8.65. The molecule has 1 unspecified atom stereocenters. The van der Waals surface area contributed by atoms with Crippen molar-refractivity contribution in [2.24, 2.45) is 0 Å². The summed E-state index contributed by atoms with van der Waals surface area (Å²) in [6, 6.07) is 2.19. The molecular weight excluding hydrogens is 189 g/mol. The lowest BCUT2D eigenvalue weighted by Crippen LogP contribution is -2.25. The zero-order valence-electron chi connectivity index (χ0n) is 7.18. The molecule has 5 heteroatoms. The van der Waals surface area contributed by atoms with Crippen LogP contribution in [0.15, 0.2) is 23.1 Å². The van der Waals surface area contributed by atoms with Gasteiger partial charge in [-0.05, 0) is 12.1 Å². The predicted molar refractivity (Wildman–Crippen MR) is 46.2 cm³/mol.